The van der Waals surface area contributed by atoms with Crippen molar-refractivity contribution in [2.24, 2.45) is 5.92 Å². The summed E-state index contributed by atoms with van der Waals surface area (Å²) in [4.78, 5) is 19.1. The van der Waals surface area contributed by atoms with Crippen molar-refractivity contribution in [3.63, 3.8) is 0 Å². The maximum absolute atomic E-state index is 12.6. The van der Waals surface area contributed by atoms with E-state index in [9.17, 15) is 4.79 Å². The Morgan fingerprint density at radius 2 is 2.30 bits per heavy atom. The van der Waals surface area contributed by atoms with Crippen LogP contribution in [0.5, 0.6) is 0 Å². The molecule has 3 heterocycles. The highest BCUT2D eigenvalue weighted by atomic mass is 35.5. The van der Waals surface area contributed by atoms with Crippen molar-refractivity contribution in [1.29, 1.82) is 0 Å². The number of rotatable bonds is 5. The minimum atomic E-state index is -0.0731. The van der Waals surface area contributed by atoms with Crippen LogP contribution in [0, 0.1) is 12.8 Å². The molecule has 7 nitrogen and oxygen atoms in total. The fourth-order valence-corrected chi connectivity index (χ4v) is 3.62. The van der Waals surface area contributed by atoms with Crippen molar-refractivity contribution in [2.45, 2.75) is 26.3 Å². The summed E-state index contributed by atoms with van der Waals surface area (Å²) in [6.07, 6.45) is 3.56. The largest absolute Gasteiger partial charge is 0.423 e. The number of anilines is 1. The predicted octanol–water partition coefficient (Wildman–Crippen LogP) is 3.02. The Kier molecular flexibility index (Phi) is 5.03. The molecule has 2 aromatic heterocycles. The lowest BCUT2D eigenvalue weighted by Gasteiger charge is -2.30. The summed E-state index contributed by atoms with van der Waals surface area (Å²) in [7, 11) is 0. The molecule has 0 saturated carbocycles. The fourth-order valence-electron chi connectivity index (χ4n) is 3.45. The number of carbonyl (C=O) groups excluding carboxylic acids is 1. The number of aryl methyl sites for hydroxylation is 1. The number of nitrogens with one attached hydrogen (secondary N) is 1. The lowest BCUT2D eigenvalue weighted by atomic mass is 9.97. The molecule has 1 atom stereocenters. The number of nitrogens with zero attached hydrogens (tertiary/aromatic N) is 4. The maximum atomic E-state index is 12.6. The van der Waals surface area contributed by atoms with Gasteiger partial charge < -0.3 is 14.6 Å². The molecule has 142 valence electrons. The molecule has 1 saturated heterocycles. The molecule has 0 radical (unpaired) electrons. The third-order valence-electron chi connectivity index (χ3n) is 4.95. The van der Waals surface area contributed by atoms with Gasteiger partial charge in [0.2, 0.25) is 5.91 Å². The van der Waals surface area contributed by atoms with Crippen molar-refractivity contribution in [1.82, 2.24) is 20.1 Å². The van der Waals surface area contributed by atoms with Crippen LogP contribution in [0.1, 0.15) is 18.5 Å². The first-order chi connectivity index (χ1) is 13.1. The Morgan fingerprint density at radius 3 is 3.11 bits per heavy atom. The molecule has 8 heteroatoms. The Morgan fingerprint density at radius 1 is 1.41 bits per heavy atom. The zero-order valence-corrected chi connectivity index (χ0v) is 15.9. The lowest BCUT2D eigenvalue weighted by molar-refractivity contribution is -0.125. The number of piperidine rings is 1. The summed E-state index contributed by atoms with van der Waals surface area (Å²) in [5.74, 6) is -0.000247. The van der Waals surface area contributed by atoms with Gasteiger partial charge in [-0.1, -0.05) is 11.6 Å². The molecule has 0 aliphatic carbocycles. The SMILES string of the molecule is Cc1ccnn1CCNC(=O)C1CCCN(c2nc3cc(Cl)ccc3o2)C1. The van der Waals surface area contributed by atoms with Crippen LogP contribution >= 0.6 is 11.6 Å². The molecular formula is C19H22ClN5O2. The van der Waals surface area contributed by atoms with Crippen LogP contribution in [0.4, 0.5) is 6.01 Å². The van der Waals surface area contributed by atoms with E-state index in [0.717, 1.165) is 30.6 Å². The van der Waals surface area contributed by atoms with Crippen LogP contribution in [0.25, 0.3) is 11.1 Å². The second-order valence-electron chi connectivity index (χ2n) is 6.88. The number of amides is 1. The number of aromatic nitrogens is 3. The van der Waals surface area contributed by atoms with Crippen molar-refractivity contribution in [2.75, 3.05) is 24.5 Å². The summed E-state index contributed by atoms with van der Waals surface area (Å²) < 4.78 is 7.73. The molecule has 1 unspecified atom stereocenters. The summed E-state index contributed by atoms with van der Waals surface area (Å²) in [5, 5.41) is 7.89. The van der Waals surface area contributed by atoms with Gasteiger partial charge in [-0.15, -0.1) is 0 Å². The van der Waals surface area contributed by atoms with E-state index in [0.29, 0.717) is 36.3 Å². The van der Waals surface area contributed by atoms with E-state index in [4.69, 9.17) is 16.0 Å². The monoisotopic (exact) mass is 387 g/mol. The zero-order valence-electron chi connectivity index (χ0n) is 15.2. The zero-order chi connectivity index (χ0) is 18.8. The number of fused-ring (bicyclic) bond motifs is 1. The molecule has 27 heavy (non-hydrogen) atoms. The molecule has 1 N–H and O–H groups in total. The van der Waals surface area contributed by atoms with E-state index in [-0.39, 0.29) is 11.8 Å². The lowest BCUT2D eigenvalue weighted by Crippen LogP contribution is -2.43. The Hall–Kier alpha value is -2.54. The van der Waals surface area contributed by atoms with Gasteiger partial charge in [0, 0.05) is 36.5 Å². The summed E-state index contributed by atoms with van der Waals surface area (Å²) in [6.45, 7) is 4.68. The molecule has 1 amide bonds. The Balaban J connectivity index is 1.36. The standard InChI is InChI=1S/C19H22ClN5O2/c1-13-6-7-22-25(13)10-8-21-18(26)14-3-2-9-24(12-14)19-23-16-11-15(20)4-5-17(16)27-19/h4-7,11,14H,2-3,8-10,12H2,1H3,(H,21,26). The predicted molar refractivity (Wildman–Crippen MR) is 104 cm³/mol. The van der Waals surface area contributed by atoms with E-state index in [2.05, 4.69) is 15.4 Å². The summed E-state index contributed by atoms with van der Waals surface area (Å²) in [5.41, 5.74) is 2.53. The highest BCUT2D eigenvalue weighted by Crippen LogP contribution is 2.27. The third-order valence-corrected chi connectivity index (χ3v) is 5.19. The molecule has 4 rings (SSSR count). The van der Waals surface area contributed by atoms with E-state index in [1.54, 1.807) is 18.3 Å². The average molecular weight is 388 g/mol. The molecular weight excluding hydrogens is 366 g/mol. The van der Waals surface area contributed by atoms with Crippen LogP contribution in [0.15, 0.2) is 34.9 Å². The Bertz CT molecular complexity index is 951. The fraction of sp³-hybridized carbons (Fsp3) is 0.421. The topological polar surface area (TPSA) is 76.2 Å². The van der Waals surface area contributed by atoms with Crippen molar-refractivity contribution < 1.29 is 9.21 Å². The second kappa shape index (κ2) is 7.60. The quantitative estimate of drug-likeness (QED) is 0.728. The first kappa shape index (κ1) is 17.9. The second-order valence-corrected chi connectivity index (χ2v) is 7.32. The number of benzene rings is 1. The average Bonchev–Trinajstić information content (AvgIpc) is 3.27. The third kappa shape index (κ3) is 3.93. The highest BCUT2D eigenvalue weighted by Gasteiger charge is 2.28. The van der Waals surface area contributed by atoms with E-state index in [1.165, 1.54) is 0 Å². The summed E-state index contributed by atoms with van der Waals surface area (Å²) >= 11 is 6.02. The number of hydrogen-bond acceptors (Lipinski definition) is 5. The van der Waals surface area contributed by atoms with Gasteiger partial charge in [0.25, 0.3) is 6.01 Å². The van der Waals surface area contributed by atoms with Crippen molar-refractivity contribution in [3.05, 3.63) is 41.2 Å². The Labute approximate surface area is 162 Å². The van der Waals surface area contributed by atoms with Crippen molar-refractivity contribution in [3.8, 4) is 0 Å². The summed E-state index contributed by atoms with van der Waals surface area (Å²) in [6, 6.07) is 7.90. The molecule has 1 aromatic carbocycles. The van der Waals surface area contributed by atoms with Gasteiger partial charge in [0.1, 0.15) is 5.52 Å². The van der Waals surface area contributed by atoms with Gasteiger partial charge in [-0.05, 0) is 44.0 Å². The van der Waals surface area contributed by atoms with E-state index in [1.807, 2.05) is 28.6 Å². The van der Waals surface area contributed by atoms with Crippen LogP contribution in [0.3, 0.4) is 0 Å². The molecule has 0 bridgehead atoms. The smallest absolute Gasteiger partial charge is 0.298 e. The van der Waals surface area contributed by atoms with E-state index >= 15 is 0 Å². The number of halogens is 1. The first-order valence-electron chi connectivity index (χ1n) is 9.17. The van der Waals surface area contributed by atoms with Gasteiger partial charge in [0.15, 0.2) is 5.58 Å². The van der Waals surface area contributed by atoms with Gasteiger partial charge in [-0.25, -0.2) is 0 Å². The molecule has 0 spiro atoms. The van der Waals surface area contributed by atoms with Crippen LogP contribution in [-0.4, -0.2) is 40.3 Å². The number of oxazole rings is 1. The van der Waals surface area contributed by atoms with Gasteiger partial charge >= 0.3 is 0 Å². The number of hydrogen-bond donors (Lipinski definition) is 1. The maximum Gasteiger partial charge on any atom is 0.298 e. The van der Waals surface area contributed by atoms with Gasteiger partial charge in [-0.2, -0.15) is 10.1 Å². The molecule has 3 aromatic rings. The van der Waals surface area contributed by atoms with Crippen molar-refractivity contribution >= 4 is 34.6 Å². The minimum absolute atomic E-state index is 0.0728. The molecule has 1 aliphatic heterocycles. The minimum Gasteiger partial charge on any atom is -0.423 e. The van der Waals surface area contributed by atoms with Crippen LogP contribution < -0.4 is 10.2 Å². The normalized spacial score (nSPS) is 17.4. The van der Waals surface area contributed by atoms with Gasteiger partial charge in [-0.3, -0.25) is 9.48 Å². The van der Waals surface area contributed by atoms with Crippen LogP contribution in [-0.2, 0) is 11.3 Å². The number of carbonyl (C=O) groups is 1. The van der Waals surface area contributed by atoms with E-state index < -0.39 is 0 Å². The van der Waals surface area contributed by atoms with Gasteiger partial charge in [0.05, 0.1) is 12.5 Å². The highest BCUT2D eigenvalue weighted by molar-refractivity contribution is 6.31. The molecule has 1 aliphatic rings. The first-order valence-corrected chi connectivity index (χ1v) is 9.55. The molecule has 1 fully saturated rings. The van der Waals surface area contributed by atoms with Crippen LogP contribution in [0.2, 0.25) is 5.02 Å².